The molecule has 0 aliphatic rings. The molecule has 66 valence electrons. The Morgan fingerprint density at radius 3 is 2.55 bits per heavy atom. The molecule has 0 aromatic carbocycles. The van der Waals surface area contributed by atoms with Gasteiger partial charge in [-0.2, -0.15) is 0 Å². The highest BCUT2D eigenvalue weighted by Gasteiger charge is 2.09. The van der Waals surface area contributed by atoms with Crippen LogP contribution in [0, 0.1) is 5.92 Å². The highest BCUT2D eigenvalue weighted by Crippen LogP contribution is 1.98. The first kappa shape index (κ1) is 10.7. The van der Waals surface area contributed by atoms with Crippen molar-refractivity contribution in [3.05, 3.63) is 0 Å². The maximum absolute atomic E-state index is 10.6. The average molecular weight is 180 g/mol. The Hall–Kier alpha value is -0.280. The van der Waals surface area contributed by atoms with Crippen LogP contribution in [0.25, 0.3) is 0 Å². The molecule has 3 nitrogen and oxygen atoms in total. The summed E-state index contributed by atoms with van der Waals surface area (Å²) in [6.07, 6.45) is -0.484. The fraction of sp³-hybridized carbons (Fsp3) is 0.857. The second-order valence-corrected chi connectivity index (χ2v) is 3.02. The maximum Gasteiger partial charge on any atom is 0.235 e. The lowest BCUT2D eigenvalue weighted by atomic mass is 10.1. The Morgan fingerprint density at radius 2 is 2.18 bits per heavy atom. The van der Waals surface area contributed by atoms with E-state index in [4.69, 9.17) is 11.6 Å². The number of nitrogens with one attached hydrogen (secondary N) is 1. The first-order chi connectivity index (χ1) is 5.07. The van der Waals surface area contributed by atoms with Crippen molar-refractivity contribution in [3.63, 3.8) is 0 Å². The van der Waals surface area contributed by atoms with E-state index in [2.05, 4.69) is 5.32 Å². The average Bonchev–Trinajstić information content (AvgIpc) is 1.99. The van der Waals surface area contributed by atoms with E-state index < -0.39 is 6.10 Å². The van der Waals surface area contributed by atoms with Gasteiger partial charge in [0.2, 0.25) is 5.91 Å². The van der Waals surface area contributed by atoms with Crippen molar-refractivity contribution in [2.24, 2.45) is 5.92 Å². The molecule has 0 fully saturated rings. The molecule has 1 unspecified atom stereocenters. The lowest BCUT2D eigenvalue weighted by Gasteiger charge is -2.14. The van der Waals surface area contributed by atoms with E-state index in [0.717, 1.165) is 0 Å². The van der Waals surface area contributed by atoms with Gasteiger partial charge in [0.1, 0.15) is 5.88 Å². The van der Waals surface area contributed by atoms with Crippen LogP contribution in [0.4, 0.5) is 0 Å². The zero-order chi connectivity index (χ0) is 8.85. The van der Waals surface area contributed by atoms with E-state index >= 15 is 0 Å². The third kappa shape index (κ3) is 5.04. The van der Waals surface area contributed by atoms with Crippen LogP contribution in [0.2, 0.25) is 0 Å². The fourth-order valence-electron chi connectivity index (χ4n) is 0.501. The van der Waals surface area contributed by atoms with E-state index in [1.807, 2.05) is 13.8 Å². The highest BCUT2D eigenvalue weighted by molar-refractivity contribution is 6.27. The molecule has 11 heavy (non-hydrogen) atoms. The molecule has 4 heteroatoms. The minimum atomic E-state index is -0.484. The van der Waals surface area contributed by atoms with Crippen LogP contribution in [0.15, 0.2) is 0 Å². The summed E-state index contributed by atoms with van der Waals surface area (Å²) in [6, 6.07) is 0. The van der Waals surface area contributed by atoms with Crippen LogP contribution in [0.3, 0.4) is 0 Å². The molecule has 0 saturated carbocycles. The number of aliphatic hydroxyl groups is 1. The number of hydrogen-bond acceptors (Lipinski definition) is 2. The molecule has 0 aliphatic carbocycles. The third-order valence-corrected chi connectivity index (χ3v) is 1.64. The van der Waals surface area contributed by atoms with Crippen molar-refractivity contribution in [2.45, 2.75) is 20.0 Å². The summed E-state index contributed by atoms with van der Waals surface area (Å²) >= 11 is 5.22. The van der Waals surface area contributed by atoms with Gasteiger partial charge in [-0.15, -0.1) is 11.6 Å². The first-order valence-corrected chi connectivity index (χ1v) is 4.12. The SMILES string of the molecule is CC(C)C(O)CNC(=O)CCl. The number of rotatable bonds is 4. The summed E-state index contributed by atoms with van der Waals surface area (Å²) in [5.74, 6) is -0.137. The fourth-order valence-corrected chi connectivity index (χ4v) is 0.596. The van der Waals surface area contributed by atoms with Crippen molar-refractivity contribution in [1.29, 1.82) is 0 Å². The largest absolute Gasteiger partial charge is 0.391 e. The normalized spacial score (nSPS) is 13.2. The van der Waals surface area contributed by atoms with Crippen molar-refractivity contribution in [1.82, 2.24) is 5.32 Å². The minimum absolute atomic E-state index is 0.0508. The predicted octanol–water partition coefficient (Wildman–Crippen LogP) is 0.358. The summed E-state index contributed by atoms with van der Waals surface area (Å²) in [5, 5.41) is 11.7. The van der Waals surface area contributed by atoms with Crippen LogP contribution >= 0.6 is 11.6 Å². The van der Waals surface area contributed by atoms with Gasteiger partial charge in [-0.1, -0.05) is 13.8 Å². The van der Waals surface area contributed by atoms with Crippen LogP contribution in [0.5, 0.6) is 0 Å². The topological polar surface area (TPSA) is 49.3 Å². The molecule has 1 amide bonds. The number of alkyl halides is 1. The van der Waals surface area contributed by atoms with E-state index in [1.54, 1.807) is 0 Å². The summed E-state index contributed by atoms with van der Waals surface area (Å²) in [5.41, 5.74) is 0. The molecule has 0 bridgehead atoms. The Kier molecular flexibility index (Phi) is 5.24. The van der Waals surface area contributed by atoms with Crippen LogP contribution in [0.1, 0.15) is 13.8 Å². The molecule has 0 rings (SSSR count). The Balaban J connectivity index is 3.45. The van der Waals surface area contributed by atoms with Crippen LogP contribution in [-0.4, -0.2) is 29.5 Å². The maximum atomic E-state index is 10.6. The quantitative estimate of drug-likeness (QED) is 0.613. The molecular weight excluding hydrogens is 166 g/mol. The number of carbonyl (C=O) groups is 1. The second-order valence-electron chi connectivity index (χ2n) is 2.75. The van der Waals surface area contributed by atoms with E-state index in [0.29, 0.717) is 0 Å². The van der Waals surface area contributed by atoms with E-state index in [-0.39, 0.29) is 24.2 Å². The number of aliphatic hydroxyl groups excluding tert-OH is 1. The van der Waals surface area contributed by atoms with Crippen molar-refractivity contribution in [2.75, 3.05) is 12.4 Å². The van der Waals surface area contributed by atoms with E-state index in [1.165, 1.54) is 0 Å². The lowest BCUT2D eigenvalue weighted by Crippen LogP contribution is -2.35. The number of carbonyl (C=O) groups excluding carboxylic acids is 1. The molecule has 0 aromatic rings. The summed E-state index contributed by atoms with van der Waals surface area (Å²) in [6.45, 7) is 4.05. The minimum Gasteiger partial charge on any atom is -0.391 e. The number of amides is 1. The molecule has 0 aromatic heterocycles. The summed E-state index contributed by atoms with van der Waals surface area (Å²) in [7, 11) is 0. The molecule has 1 atom stereocenters. The number of hydrogen-bond donors (Lipinski definition) is 2. The smallest absolute Gasteiger partial charge is 0.235 e. The van der Waals surface area contributed by atoms with Crippen molar-refractivity contribution in [3.8, 4) is 0 Å². The zero-order valence-corrected chi connectivity index (χ0v) is 7.56. The molecule has 2 N–H and O–H groups in total. The van der Waals surface area contributed by atoms with Gasteiger partial charge < -0.3 is 10.4 Å². The van der Waals surface area contributed by atoms with Gasteiger partial charge in [-0.05, 0) is 5.92 Å². The standard InChI is InChI=1S/C7H14ClNO2/c1-5(2)6(10)4-9-7(11)3-8/h5-6,10H,3-4H2,1-2H3,(H,9,11). The van der Waals surface area contributed by atoms with Gasteiger partial charge in [-0.3, -0.25) is 4.79 Å². The molecule has 0 saturated heterocycles. The molecule has 0 aliphatic heterocycles. The Bertz CT molecular complexity index is 128. The van der Waals surface area contributed by atoms with Gasteiger partial charge in [0.25, 0.3) is 0 Å². The highest BCUT2D eigenvalue weighted by atomic mass is 35.5. The second kappa shape index (κ2) is 5.38. The third-order valence-electron chi connectivity index (χ3n) is 1.40. The van der Waals surface area contributed by atoms with Crippen molar-refractivity contribution >= 4 is 17.5 Å². The predicted molar refractivity (Wildman–Crippen MR) is 44.6 cm³/mol. The molecule has 0 spiro atoms. The van der Waals surface area contributed by atoms with Crippen LogP contribution < -0.4 is 5.32 Å². The van der Waals surface area contributed by atoms with Gasteiger partial charge in [0.05, 0.1) is 6.10 Å². The van der Waals surface area contributed by atoms with Crippen LogP contribution in [-0.2, 0) is 4.79 Å². The van der Waals surface area contributed by atoms with Gasteiger partial charge >= 0.3 is 0 Å². The molecular formula is C7H14ClNO2. The zero-order valence-electron chi connectivity index (χ0n) is 6.80. The molecule has 0 heterocycles. The Morgan fingerprint density at radius 1 is 1.64 bits per heavy atom. The van der Waals surface area contributed by atoms with Gasteiger partial charge in [0, 0.05) is 6.54 Å². The lowest BCUT2D eigenvalue weighted by molar-refractivity contribution is -0.119. The molecule has 0 radical (unpaired) electrons. The first-order valence-electron chi connectivity index (χ1n) is 3.58. The monoisotopic (exact) mass is 179 g/mol. The number of halogens is 1. The van der Waals surface area contributed by atoms with Gasteiger partial charge in [-0.25, -0.2) is 0 Å². The Labute approximate surface area is 71.7 Å². The summed E-state index contributed by atoms with van der Waals surface area (Å²) in [4.78, 5) is 10.6. The van der Waals surface area contributed by atoms with Gasteiger partial charge in [0.15, 0.2) is 0 Å². The summed E-state index contributed by atoms with van der Waals surface area (Å²) < 4.78 is 0. The van der Waals surface area contributed by atoms with E-state index in [9.17, 15) is 9.90 Å². The van der Waals surface area contributed by atoms with Crippen molar-refractivity contribution < 1.29 is 9.90 Å².